The molecule has 10 nitrogen and oxygen atoms in total. The maximum Gasteiger partial charge on any atom is 0.250 e. The molecule has 0 aliphatic carbocycles. The van der Waals surface area contributed by atoms with Gasteiger partial charge in [-0.25, -0.2) is 4.98 Å². The van der Waals surface area contributed by atoms with Crippen LogP contribution in [0.1, 0.15) is 62.3 Å². The minimum Gasteiger partial charge on any atom is -0.374 e. The highest BCUT2D eigenvalue weighted by Gasteiger charge is 2.32. The van der Waals surface area contributed by atoms with Gasteiger partial charge in [0.15, 0.2) is 5.82 Å². The Morgan fingerprint density at radius 2 is 1.53 bits per heavy atom. The van der Waals surface area contributed by atoms with Gasteiger partial charge in [0.05, 0.1) is 25.1 Å². The molecule has 1 aromatic heterocycles. The number of hydrogen-bond donors (Lipinski definition) is 3. The van der Waals surface area contributed by atoms with Crippen molar-refractivity contribution in [2.24, 2.45) is 11.7 Å². The molecule has 49 heavy (non-hydrogen) atoms. The maximum absolute atomic E-state index is 14.1. The summed E-state index contributed by atoms with van der Waals surface area (Å²) >= 11 is 0. The van der Waals surface area contributed by atoms with Crippen molar-refractivity contribution in [3.05, 3.63) is 120 Å². The Labute approximate surface area is 289 Å². The van der Waals surface area contributed by atoms with Crippen LogP contribution in [-0.4, -0.2) is 63.4 Å². The van der Waals surface area contributed by atoms with Crippen LogP contribution in [-0.2, 0) is 32.1 Å². The highest BCUT2D eigenvalue weighted by Crippen LogP contribution is 2.28. The highest BCUT2D eigenvalue weighted by atomic mass is 16.5. The number of nitrogens with zero attached hydrogens (tertiary/aromatic N) is 3. The summed E-state index contributed by atoms with van der Waals surface area (Å²) in [5.74, 6) is -0.143. The summed E-state index contributed by atoms with van der Waals surface area (Å²) in [4.78, 5) is 46.7. The van der Waals surface area contributed by atoms with E-state index in [4.69, 9.17) is 10.5 Å². The molecule has 1 fully saturated rings. The maximum atomic E-state index is 14.1. The third-order valence-electron chi connectivity index (χ3n) is 8.95. The second-order valence-corrected chi connectivity index (χ2v) is 13.4. The van der Waals surface area contributed by atoms with Crippen LogP contribution in [0.25, 0.3) is 0 Å². The number of carbonyl (C=O) groups is 3. The van der Waals surface area contributed by atoms with Crippen LogP contribution < -0.4 is 16.4 Å². The lowest BCUT2D eigenvalue weighted by atomic mass is 9.90. The van der Waals surface area contributed by atoms with Crippen molar-refractivity contribution in [1.29, 1.82) is 0 Å². The number of nitrogens with one attached hydrogen (secondary N) is 2. The molecule has 1 aliphatic heterocycles. The van der Waals surface area contributed by atoms with E-state index in [1.165, 1.54) is 5.56 Å². The Balaban J connectivity index is 1.22. The van der Waals surface area contributed by atoms with E-state index in [-0.39, 0.29) is 24.9 Å². The van der Waals surface area contributed by atoms with Crippen LogP contribution >= 0.6 is 0 Å². The predicted octanol–water partition coefficient (Wildman–Crippen LogP) is 5.11. The van der Waals surface area contributed by atoms with Gasteiger partial charge in [0.25, 0.3) is 5.91 Å². The zero-order valence-electron chi connectivity index (χ0n) is 28.5. The molecule has 4 aromatic rings. The van der Waals surface area contributed by atoms with E-state index in [1.54, 1.807) is 30.9 Å². The SMILES string of the molecule is CC(C)(N)C(=O)NC(COCc1ccccc1)C(=O)Nc1cn(C(C(=O)N2CCC(CCCc3ccccc3)CC2)c2ccccc2)cn1. The molecule has 0 bridgehead atoms. The van der Waals surface area contributed by atoms with Gasteiger partial charge >= 0.3 is 0 Å². The van der Waals surface area contributed by atoms with Gasteiger partial charge in [-0.3, -0.25) is 14.4 Å². The number of anilines is 1. The molecule has 4 N–H and O–H groups in total. The van der Waals surface area contributed by atoms with Gasteiger partial charge in [0.2, 0.25) is 11.8 Å². The molecule has 1 aliphatic rings. The number of amides is 3. The number of likely N-dealkylation sites (tertiary alicyclic amines) is 1. The normalized spacial score (nSPS) is 15.0. The molecule has 10 heteroatoms. The Bertz CT molecular complexity index is 1630. The zero-order valence-corrected chi connectivity index (χ0v) is 28.5. The van der Waals surface area contributed by atoms with E-state index >= 15 is 0 Å². The lowest BCUT2D eigenvalue weighted by Crippen LogP contribution is -2.56. The third kappa shape index (κ3) is 10.3. The summed E-state index contributed by atoms with van der Waals surface area (Å²) in [6, 6.07) is 28.1. The van der Waals surface area contributed by atoms with Crippen LogP contribution in [0, 0.1) is 5.92 Å². The van der Waals surface area contributed by atoms with E-state index in [1.807, 2.05) is 71.6 Å². The molecule has 0 radical (unpaired) electrons. The number of aryl methyl sites for hydroxylation is 1. The predicted molar refractivity (Wildman–Crippen MR) is 190 cm³/mol. The standard InChI is InChI=1S/C39H48N6O4/c1-39(2,40)38(48)42-33(27-49-26-31-15-8-4-9-16-31)36(46)43-34-25-45(28-41-34)35(32-19-10-5-11-20-32)37(47)44-23-21-30(22-24-44)18-12-17-29-13-6-3-7-14-29/h3-11,13-16,19-20,25,28,30,33,35H,12,17-18,21-24,26-27,40H2,1-2H3,(H,42,48)(H,43,46). The van der Waals surface area contributed by atoms with E-state index in [9.17, 15) is 14.4 Å². The number of hydrogen-bond acceptors (Lipinski definition) is 6. The van der Waals surface area contributed by atoms with E-state index in [0.717, 1.165) is 43.2 Å². The molecular formula is C39H48N6O4. The van der Waals surface area contributed by atoms with Gasteiger partial charge in [-0.15, -0.1) is 0 Å². The fourth-order valence-corrected chi connectivity index (χ4v) is 6.08. The Kier molecular flexibility index (Phi) is 12.3. The highest BCUT2D eigenvalue weighted by molar-refractivity contribution is 5.98. The summed E-state index contributed by atoms with van der Waals surface area (Å²) in [6.45, 7) is 4.75. The Morgan fingerprint density at radius 3 is 2.16 bits per heavy atom. The monoisotopic (exact) mass is 664 g/mol. The van der Waals surface area contributed by atoms with Crippen LogP contribution in [0.2, 0.25) is 0 Å². The van der Waals surface area contributed by atoms with Gasteiger partial charge in [-0.2, -0.15) is 0 Å². The number of aromatic nitrogens is 2. The van der Waals surface area contributed by atoms with Gasteiger partial charge in [-0.05, 0) is 68.6 Å². The van der Waals surface area contributed by atoms with Gasteiger partial charge < -0.3 is 30.6 Å². The average Bonchev–Trinajstić information content (AvgIpc) is 3.56. The van der Waals surface area contributed by atoms with Gasteiger partial charge in [-0.1, -0.05) is 91.0 Å². The van der Waals surface area contributed by atoms with Crippen molar-refractivity contribution in [3.8, 4) is 0 Å². The lowest BCUT2D eigenvalue weighted by molar-refractivity contribution is -0.135. The molecule has 2 atom stereocenters. The minimum absolute atomic E-state index is 0.00570. The number of rotatable bonds is 15. The van der Waals surface area contributed by atoms with Crippen LogP contribution in [0.15, 0.2) is 104 Å². The van der Waals surface area contributed by atoms with Gasteiger partial charge in [0, 0.05) is 19.3 Å². The Morgan fingerprint density at radius 1 is 0.918 bits per heavy atom. The number of imidazole rings is 1. The largest absolute Gasteiger partial charge is 0.374 e. The topological polar surface area (TPSA) is 132 Å². The molecule has 2 heterocycles. The third-order valence-corrected chi connectivity index (χ3v) is 8.95. The first-order valence-electron chi connectivity index (χ1n) is 17.1. The first-order chi connectivity index (χ1) is 23.7. The fourth-order valence-electron chi connectivity index (χ4n) is 6.08. The van der Waals surface area contributed by atoms with Gasteiger partial charge in [0.1, 0.15) is 12.1 Å². The average molecular weight is 665 g/mol. The molecule has 3 amide bonds. The summed E-state index contributed by atoms with van der Waals surface area (Å²) in [5.41, 5.74) is 7.94. The van der Waals surface area contributed by atoms with Crippen molar-refractivity contribution < 1.29 is 19.1 Å². The second kappa shape index (κ2) is 17.0. The molecular weight excluding hydrogens is 616 g/mol. The fraction of sp³-hybridized carbons (Fsp3) is 0.385. The lowest BCUT2D eigenvalue weighted by Gasteiger charge is -2.34. The molecule has 258 valence electrons. The summed E-state index contributed by atoms with van der Waals surface area (Å²) in [6.07, 6.45) is 8.55. The van der Waals surface area contributed by atoms with E-state index < -0.39 is 29.4 Å². The number of nitrogens with two attached hydrogens (primary N) is 1. The van der Waals surface area contributed by atoms with Crippen LogP contribution in [0.5, 0.6) is 0 Å². The van der Waals surface area contributed by atoms with Crippen LogP contribution in [0.3, 0.4) is 0 Å². The van der Waals surface area contributed by atoms with Crippen molar-refractivity contribution >= 4 is 23.5 Å². The number of carbonyl (C=O) groups excluding carboxylic acids is 3. The summed E-state index contributed by atoms with van der Waals surface area (Å²) in [7, 11) is 0. The Hall–Kier alpha value is -4.80. The number of benzene rings is 3. The molecule has 0 saturated carbocycles. The quantitative estimate of drug-likeness (QED) is 0.162. The smallest absolute Gasteiger partial charge is 0.250 e. The first-order valence-corrected chi connectivity index (χ1v) is 17.1. The molecule has 3 aromatic carbocycles. The summed E-state index contributed by atoms with van der Waals surface area (Å²) < 4.78 is 7.55. The second-order valence-electron chi connectivity index (χ2n) is 13.4. The minimum atomic E-state index is -1.20. The number of ether oxygens (including phenoxy) is 1. The summed E-state index contributed by atoms with van der Waals surface area (Å²) in [5, 5.41) is 5.51. The molecule has 2 unspecified atom stereocenters. The first kappa shape index (κ1) is 35.5. The van der Waals surface area contributed by atoms with Crippen molar-refractivity contribution in [2.75, 3.05) is 25.0 Å². The number of piperidine rings is 1. The van der Waals surface area contributed by atoms with Crippen molar-refractivity contribution in [3.63, 3.8) is 0 Å². The molecule has 5 rings (SSSR count). The van der Waals surface area contributed by atoms with Crippen molar-refractivity contribution in [1.82, 2.24) is 19.8 Å². The van der Waals surface area contributed by atoms with E-state index in [2.05, 4.69) is 39.9 Å². The van der Waals surface area contributed by atoms with Crippen molar-refractivity contribution in [2.45, 2.75) is 70.2 Å². The zero-order chi connectivity index (χ0) is 34.6. The van der Waals surface area contributed by atoms with Crippen LogP contribution in [0.4, 0.5) is 5.82 Å². The van der Waals surface area contributed by atoms with E-state index in [0.29, 0.717) is 19.0 Å². The molecule has 1 saturated heterocycles. The molecule has 0 spiro atoms.